The van der Waals surface area contributed by atoms with Crippen molar-refractivity contribution in [2.75, 3.05) is 13.1 Å². The van der Waals surface area contributed by atoms with Crippen LogP contribution in [0.3, 0.4) is 0 Å². The highest BCUT2D eigenvalue weighted by atomic mass is 35.5. The molecule has 1 amide bonds. The van der Waals surface area contributed by atoms with Gasteiger partial charge in [0.1, 0.15) is 0 Å². The summed E-state index contributed by atoms with van der Waals surface area (Å²) in [5, 5.41) is 14.6. The molecule has 1 aliphatic heterocycles. The number of rotatable bonds is 4. The van der Waals surface area contributed by atoms with Crippen LogP contribution in [0.5, 0.6) is 0 Å². The lowest BCUT2D eigenvalue weighted by Gasteiger charge is -2.31. The summed E-state index contributed by atoms with van der Waals surface area (Å²) in [5.74, 6) is 1.45. The number of piperidine rings is 1. The Hall–Kier alpha value is -1.86. The number of carbonyl (C=O) groups is 1. The normalized spacial score (nSPS) is 15.5. The van der Waals surface area contributed by atoms with Crippen LogP contribution in [0.4, 0.5) is 0 Å². The number of thiophene rings is 1. The molecule has 6 nitrogen and oxygen atoms in total. The van der Waals surface area contributed by atoms with Crippen LogP contribution in [0.25, 0.3) is 0 Å². The molecule has 128 valence electrons. The van der Waals surface area contributed by atoms with Crippen molar-refractivity contribution in [2.45, 2.75) is 32.2 Å². The maximum absolute atomic E-state index is 12.0. The Morgan fingerprint density at radius 3 is 2.88 bits per heavy atom. The number of hydrogen-bond donors (Lipinski definition) is 2. The van der Waals surface area contributed by atoms with E-state index >= 15 is 0 Å². The van der Waals surface area contributed by atoms with Gasteiger partial charge in [-0.25, -0.2) is 0 Å². The molecule has 1 aliphatic rings. The van der Waals surface area contributed by atoms with Crippen LogP contribution in [0, 0.1) is 5.41 Å². The van der Waals surface area contributed by atoms with Crippen LogP contribution in [-0.2, 0) is 6.54 Å². The highest BCUT2D eigenvalue weighted by Gasteiger charge is 2.23. The van der Waals surface area contributed by atoms with Crippen molar-refractivity contribution < 1.29 is 9.32 Å². The van der Waals surface area contributed by atoms with E-state index in [-0.39, 0.29) is 5.91 Å². The van der Waals surface area contributed by atoms with E-state index in [2.05, 4.69) is 15.4 Å². The van der Waals surface area contributed by atoms with Crippen LogP contribution in [0.1, 0.15) is 46.8 Å². The second-order valence-electron chi connectivity index (χ2n) is 5.85. The van der Waals surface area contributed by atoms with Gasteiger partial charge in [-0.2, -0.15) is 0 Å². The van der Waals surface area contributed by atoms with Gasteiger partial charge in [-0.05, 0) is 31.9 Å². The zero-order valence-corrected chi connectivity index (χ0v) is 14.9. The molecular formula is C16H19ClN4O2S. The molecule has 0 aliphatic carbocycles. The van der Waals surface area contributed by atoms with Gasteiger partial charge >= 0.3 is 0 Å². The molecule has 2 aromatic rings. The van der Waals surface area contributed by atoms with Gasteiger partial charge in [0.25, 0.3) is 5.91 Å². The Kier molecular flexibility index (Phi) is 5.20. The number of hydrogen-bond acceptors (Lipinski definition) is 5. The summed E-state index contributed by atoms with van der Waals surface area (Å²) in [6.07, 6.45) is 1.92. The van der Waals surface area contributed by atoms with Crippen molar-refractivity contribution in [3.8, 4) is 0 Å². The maximum Gasteiger partial charge on any atom is 0.261 e. The molecule has 2 N–H and O–H groups in total. The van der Waals surface area contributed by atoms with Crippen LogP contribution >= 0.6 is 22.9 Å². The fourth-order valence-corrected chi connectivity index (χ4v) is 3.77. The molecular weight excluding hydrogens is 348 g/mol. The van der Waals surface area contributed by atoms with Gasteiger partial charge in [0, 0.05) is 25.1 Å². The number of amidine groups is 1. The number of nitrogens with one attached hydrogen (secondary N) is 2. The Morgan fingerprint density at radius 1 is 1.50 bits per heavy atom. The van der Waals surface area contributed by atoms with E-state index in [1.807, 2.05) is 13.0 Å². The van der Waals surface area contributed by atoms with Gasteiger partial charge in [-0.3, -0.25) is 10.2 Å². The zero-order valence-electron chi connectivity index (χ0n) is 13.3. The largest absolute Gasteiger partial charge is 0.361 e. The Bertz CT molecular complexity index is 734. The molecule has 0 radical (unpaired) electrons. The first-order valence-corrected chi connectivity index (χ1v) is 9.01. The number of nitrogens with zero attached hydrogens (tertiary/aromatic N) is 2. The minimum Gasteiger partial charge on any atom is -0.361 e. The minimum absolute atomic E-state index is 0.167. The molecule has 0 atom stereocenters. The second-order valence-corrected chi connectivity index (χ2v) is 7.57. The first-order chi connectivity index (χ1) is 11.5. The number of aromatic nitrogens is 1. The molecule has 0 bridgehead atoms. The molecule has 1 fully saturated rings. The second kappa shape index (κ2) is 7.36. The van der Waals surface area contributed by atoms with Crippen LogP contribution in [-0.4, -0.2) is 34.9 Å². The Morgan fingerprint density at radius 2 is 2.25 bits per heavy atom. The Balaban J connectivity index is 1.52. The topological polar surface area (TPSA) is 82.2 Å². The summed E-state index contributed by atoms with van der Waals surface area (Å²) in [4.78, 5) is 14.6. The van der Waals surface area contributed by atoms with Gasteiger partial charge in [-0.1, -0.05) is 16.8 Å². The van der Waals surface area contributed by atoms with Crippen molar-refractivity contribution >= 4 is 34.7 Å². The number of amides is 1. The van der Waals surface area contributed by atoms with Crippen LogP contribution in [0.15, 0.2) is 22.7 Å². The lowest BCUT2D eigenvalue weighted by atomic mass is 9.93. The van der Waals surface area contributed by atoms with E-state index in [9.17, 15) is 4.79 Å². The monoisotopic (exact) mass is 366 g/mol. The highest BCUT2D eigenvalue weighted by Crippen LogP contribution is 2.27. The number of likely N-dealkylation sites (tertiary alicyclic amines) is 1. The van der Waals surface area contributed by atoms with Gasteiger partial charge < -0.3 is 14.7 Å². The standard InChI is InChI=1S/C16H19ClN4O2S/c1-10(18)21-6-4-11(5-7-21)13-8-12(23-20-13)9-19-16(22)14-2-3-15(17)24-14/h2-3,8,11,18H,4-7,9H2,1H3,(H,19,22). The smallest absolute Gasteiger partial charge is 0.261 e. The summed E-state index contributed by atoms with van der Waals surface area (Å²) in [7, 11) is 0. The average Bonchev–Trinajstić information content (AvgIpc) is 3.22. The summed E-state index contributed by atoms with van der Waals surface area (Å²) >= 11 is 7.08. The van der Waals surface area contributed by atoms with E-state index in [0.717, 1.165) is 31.6 Å². The van der Waals surface area contributed by atoms with Crippen molar-refractivity contribution in [2.24, 2.45) is 0 Å². The van der Waals surface area contributed by atoms with Gasteiger partial charge in [-0.15, -0.1) is 11.3 Å². The van der Waals surface area contributed by atoms with E-state index in [1.54, 1.807) is 12.1 Å². The first kappa shape index (κ1) is 17.0. The summed E-state index contributed by atoms with van der Waals surface area (Å²) in [6, 6.07) is 5.32. The zero-order chi connectivity index (χ0) is 17.1. The first-order valence-electron chi connectivity index (χ1n) is 7.82. The third kappa shape index (κ3) is 3.96. The fourth-order valence-electron chi connectivity index (χ4n) is 2.81. The van der Waals surface area contributed by atoms with Crippen LogP contribution in [0.2, 0.25) is 4.34 Å². The summed E-state index contributed by atoms with van der Waals surface area (Å²) in [6.45, 7) is 3.87. The SMILES string of the molecule is CC(=N)N1CCC(c2cc(CNC(=O)c3ccc(Cl)s3)on2)CC1. The Labute approximate surface area is 149 Å². The molecule has 1 saturated heterocycles. The molecule has 8 heteroatoms. The predicted molar refractivity (Wildman–Crippen MR) is 94.0 cm³/mol. The third-order valence-corrected chi connectivity index (χ3v) is 5.41. The summed E-state index contributed by atoms with van der Waals surface area (Å²) in [5.41, 5.74) is 0.931. The van der Waals surface area contributed by atoms with E-state index in [4.69, 9.17) is 21.5 Å². The van der Waals surface area contributed by atoms with Crippen molar-refractivity contribution in [3.05, 3.63) is 38.9 Å². The predicted octanol–water partition coefficient (Wildman–Crippen LogP) is 3.50. The van der Waals surface area contributed by atoms with E-state index < -0.39 is 0 Å². The molecule has 3 heterocycles. The highest BCUT2D eigenvalue weighted by molar-refractivity contribution is 7.17. The molecule has 2 aromatic heterocycles. The van der Waals surface area contributed by atoms with Gasteiger partial charge in [0.05, 0.1) is 27.3 Å². The van der Waals surface area contributed by atoms with E-state index in [0.29, 0.717) is 33.3 Å². The fraction of sp³-hybridized carbons (Fsp3) is 0.438. The molecule has 0 saturated carbocycles. The molecule has 24 heavy (non-hydrogen) atoms. The van der Waals surface area contributed by atoms with Crippen molar-refractivity contribution in [1.82, 2.24) is 15.4 Å². The minimum atomic E-state index is -0.167. The molecule has 3 rings (SSSR count). The third-order valence-electron chi connectivity index (χ3n) is 4.18. The number of carbonyl (C=O) groups excluding carboxylic acids is 1. The van der Waals surface area contributed by atoms with Crippen LogP contribution < -0.4 is 5.32 Å². The quantitative estimate of drug-likeness (QED) is 0.641. The van der Waals surface area contributed by atoms with Crippen molar-refractivity contribution in [3.63, 3.8) is 0 Å². The average molecular weight is 367 g/mol. The number of halogens is 1. The van der Waals surface area contributed by atoms with Gasteiger partial charge in [0.2, 0.25) is 0 Å². The lowest BCUT2D eigenvalue weighted by molar-refractivity contribution is 0.0951. The summed E-state index contributed by atoms with van der Waals surface area (Å²) < 4.78 is 5.93. The molecule has 0 unspecified atom stereocenters. The lowest BCUT2D eigenvalue weighted by Crippen LogP contribution is -2.36. The maximum atomic E-state index is 12.0. The molecule has 0 spiro atoms. The van der Waals surface area contributed by atoms with Crippen molar-refractivity contribution in [1.29, 1.82) is 5.41 Å². The van der Waals surface area contributed by atoms with Gasteiger partial charge in [0.15, 0.2) is 5.76 Å². The van der Waals surface area contributed by atoms with E-state index in [1.165, 1.54) is 11.3 Å². The molecule has 0 aromatic carbocycles.